The fraction of sp³-hybridized carbons (Fsp3) is 0.947. The third-order valence-corrected chi connectivity index (χ3v) is 3.86. The normalized spacial score (nSPS) is 10.4. The van der Waals surface area contributed by atoms with E-state index in [2.05, 4.69) is 32.8 Å². The molecule has 0 saturated heterocycles. The van der Waals surface area contributed by atoms with Crippen LogP contribution in [0, 0.1) is 0 Å². The van der Waals surface area contributed by atoms with Crippen LogP contribution in [0.5, 0.6) is 0 Å². The highest BCUT2D eigenvalue weighted by atomic mass is 16.6. The van der Waals surface area contributed by atoms with Gasteiger partial charge in [0.05, 0.1) is 34.8 Å². The molecule has 0 unspecified atom stereocenters. The molecule has 0 saturated carbocycles. The number of ether oxygens (including phenoxy) is 1. The first-order valence-corrected chi connectivity index (χ1v) is 9.41. The van der Waals surface area contributed by atoms with Crippen molar-refractivity contribution in [2.24, 2.45) is 0 Å². The van der Waals surface area contributed by atoms with Crippen molar-refractivity contribution in [3.8, 4) is 0 Å². The molecule has 0 aliphatic heterocycles. The minimum Gasteiger partial charge on any atom is -0.450 e. The molecule has 5 nitrogen and oxygen atoms in total. The SMILES string of the molecule is CCCCCCCCCCCCCC[N+](C)(C)C.COC(=O)O.N. The lowest BCUT2D eigenvalue weighted by Gasteiger charge is -2.23. The molecule has 0 heterocycles. The van der Waals surface area contributed by atoms with E-state index in [1.165, 1.54) is 83.6 Å². The fourth-order valence-corrected chi connectivity index (χ4v) is 2.43. The molecule has 4 N–H and O–H groups in total. The van der Waals surface area contributed by atoms with Gasteiger partial charge < -0.3 is 20.5 Å². The van der Waals surface area contributed by atoms with Crippen LogP contribution in [0.3, 0.4) is 0 Å². The Morgan fingerprint density at radius 2 is 1.08 bits per heavy atom. The summed E-state index contributed by atoms with van der Waals surface area (Å²) < 4.78 is 4.79. The van der Waals surface area contributed by atoms with Crippen molar-refractivity contribution in [2.45, 2.75) is 84.0 Å². The Morgan fingerprint density at radius 3 is 1.33 bits per heavy atom. The van der Waals surface area contributed by atoms with Gasteiger partial charge in [0.1, 0.15) is 0 Å². The lowest BCUT2D eigenvalue weighted by molar-refractivity contribution is -0.870. The molecule has 0 amide bonds. The molecule has 0 aromatic heterocycles. The minimum absolute atomic E-state index is 0. The van der Waals surface area contributed by atoms with E-state index >= 15 is 0 Å². The van der Waals surface area contributed by atoms with Crippen LogP contribution in [0.1, 0.15) is 84.0 Å². The number of hydrogen-bond donors (Lipinski definition) is 2. The van der Waals surface area contributed by atoms with Gasteiger partial charge in [-0.2, -0.15) is 0 Å². The molecule has 0 spiro atoms. The maximum absolute atomic E-state index is 9.15. The summed E-state index contributed by atoms with van der Waals surface area (Å²) >= 11 is 0. The molecule has 24 heavy (non-hydrogen) atoms. The molecule has 0 bridgehead atoms. The summed E-state index contributed by atoms with van der Waals surface area (Å²) in [4.78, 5) is 9.15. The van der Waals surface area contributed by atoms with E-state index in [0.717, 1.165) is 11.6 Å². The zero-order chi connectivity index (χ0) is 18.0. The van der Waals surface area contributed by atoms with Crippen LogP contribution in [0.4, 0.5) is 4.79 Å². The molecule has 148 valence electrons. The van der Waals surface area contributed by atoms with Crippen LogP contribution in [0.15, 0.2) is 0 Å². The van der Waals surface area contributed by atoms with Crippen molar-refractivity contribution in [2.75, 3.05) is 34.8 Å². The van der Waals surface area contributed by atoms with Crippen LogP contribution in [-0.2, 0) is 4.74 Å². The second kappa shape index (κ2) is 20.2. The zero-order valence-electron chi connectivity index (χ0n) is 17.1. The first-order valence-electron chi connectivity index (χ1n) is 9.41. The van der Waals surface area contributed by atoms with E-state index in [9.17, 15) is 0 Å². The maximum Gasteiger partial charge on any atom is 0.505 e. The summed E-state index contributed by atoms with van der Waals surface area (Å²) in [5.74, 6) is 0. The van der Waals surface area contributed by atoms with Gasteiger partial charge in [-0.25, -0.2) is 4.79 Å². The van der Waals surface area contributed by atoms with Gasteiger partial charge in [0.25, 0.3) is 0 Å². The van der Waals surface area contributed by atoms with Gasteiger partial charge in [-0.3, -0.25) is 0 Å². The molecule has 0 rings (SSSR count). The van der Waals surface area contributed by atoms with Crippen LogP contribution in [-0.4, -0.2) is 50.5 Å². The Kier molecular flexibility index (Phi) is 23.6. The monoisotopic (exact) mass is 349 g/mol. The van der Waals surface area contributed by atoms with E-state index in [0.29, 0.717) is 0 Å². The highest BCUT2D eigenvalue weighted by molar-refractivity contribution is 5.56. The van der Waals surface area contributed by atoms with E-state index in [-0.39, 0.29) is 6.15 Å². The molecule has 0 aromatic carbocycles. The smallest absolute Gasteiger partial charge is 0.450 e. The number of carboxylic acid groups (broad SMARTS) is 1. The van der Waals surface area contributed by atoms with E-state index < -0.39 is 6.16 Å². The van der Waals surface area contributed by atoms with Gasteiger partial charge in [0.15, 0.2) is 0 Å². The minimum atomic E-state index is -1.25. The molecule has 0 aliphatic rings. The van der Waals surface area contributed by atoms with Gasteiger partial charge in [0, 0.05) is 0 Å². The molecule has 0 atom stereocenters. The summed E-state index contributed by atoms with van der Waals surface area (Å²) in [5.41, 5.74) is 0. The lowest BCUT2D eigenvalue weighted by Crippen LogP contribution is -2.35. The summed E-state index contributed by atoms with van der Waals surface area (Å²) in [7, 11) is 7.97. The highest BCUT2D eigenvalue weighted by Gasteiger charge is 2.04. The summed E-state index contributed by atoms with van der Waals surface area (Å²) in [6.45, 7) is 3.62. The topological polar surface area (TPSA) is 81.5 Å². The number of methoxy groups -OCH3 is 1. The number of carbonyl (C=O) groups is 1. The average molecular weight is 350 g/mol. The first-order chi connectivity index (χ1) is 10.8. The van der Waals surface area contributed by atoms with Crippen molar-refractivity contribution in [1.29, 1.82) is 0 Å². The van der Waals surface area contributed by atoms with Gasteiger partial charge in [-0.15, -0.1) is 0 Å². The lowest BCUT2D eigenvalue weighted by atomic mass is 10.1. The number of unbranched alkanes of at least 4 members (excludes halogenated alkanes) is 11. The number of nitrogens with zero attached hydrogens (tertiary/aromatic N) is 1. The number of hydrogen-bond acceptors (Lipinski definition) is 3. The van der Waals surface area contributed by atoms with Gasteiger partial charge in [-0.05, 0) is 12.8 Å². The fourth-order valence-electron chi connectivity index (χ4n) is 2.43. The van der Waals surface area contributed by atoms with Crippen molar-refractivity contribution in [3.05, 3.63) is 0 Å². The van der Waals surface area contributed by atoms with Crippen LogP contribution >= 0.6 is 0 Å². The highest BCUT2D eigenvalue weighted by Crippen LogP contribution is 2.12. The van der Waals surface area contributed by atoms with Crippen molar-refractivity contribution < 1.29 is 19.1 Å². The molecule has 0 radical (unpaired) electrons. The average Bonchev–Trinajstić information content (AvgIpc) is 2.48. The second-order valence-electron chi connectivity index (χ2n) is 7.37. The largest absolute Gasteiger partial charge is 0.505 e. The van der Waals surface area contributed by atoms with E-state index in [4.69, 9.17) is 9.90 Å². The third-order valence-electron chi connectivity index (χ3n) is 3.86. The van der Waals surface area contributed by atoms with Gasteiger partial charge in [0.2, 0.25) is 0 Å². The summed E-state index contributed by atoms with van der Waals surface area (Å²) in [5, 5.41) is 7.50. The molecule has 0 fully saturated rings. The molecule has 0 aliphatic carbocycles. The van der Waals surface area contributed by atoms with E-state index in [1.807, 2.05) is 0 Å². The predicted octanol–water partition coefficient (Wildman–Crippen LogP) is 5.87. The van der Waals surface area contributed by atoms with Crippen LogP contribution < -0.4 is 6.15 Å². The van der Waals surface area contributed by atoms with E-state index in [1.54, 1.807) is 0 Å². The molecular weight excluding hydrogens is 304 g/mol. The van der Waals surface area contributed by atoms with Crippen LogP contribution in [0.25, 0.3) is 0 Å². The summed E-state index contributed by atoms with van der Waals surface area (Å²) in [6, 6.07) is 0. The maximum atomic E-state index is 9.15. The molecule has 0 aromatic rings. The zero-order valence-corrected chi connectivity index (χ0v) is 17.1. The van der Waals surface area contributed by atoms with Crippen LogP contribution in [0.2, 0.25) is 0 Å². The summed E-state index contributed by atoms with van der Waals surface area (Å²) in [6.07, 6.45) is 16.1. The molecule has 5 heteroatoms. The first kappa shape index (κ1) is 28.0. The Bertz CT molecular complexity index is 253. The quantitative estimate of drug-likeness (QED) is 0.247. The van der Waals surface area contributed by atoms with Crippen molar-refractivity contribution >= 4 is 6.16 Å². The predicted molar refractivity (Wildman–Crippen MR) is 104 cm³/mol. The Balaban J connectivity index is -0.000000639. The second-order valence-corrected chi connectivity index (χ2v) is 7.37. The Morgan fingerprint density at radius 1 is 0.792 bits per heavy atom. The van der Waals surface area contributed by atoms with Crippen molar-refractivity contribution in [1.82, 2.24) is 6.15 Å². The molecular formula is C19H45N2O3+. The van der Waals surface area contributed by atoms with Crippen molar-refractivity contribution in [3.63, 3.8) is 0 Å². The Hall–Kier alpha value is -0.810. The Labute approximate surface area is 150 Å². The van der Waals surface area contributed by atoms with Gasteiger partial charge >= 0.3 is 6.16 Å². The number of quaternary nitrogens is 1. The standard InChI is InChI=1S/C17H38N.C2H4O3.H3N/c1-5-6-7-8-9-10-11-12-13-14-15-16-17-18(2,3)4;1-5-2(3)4;/h5-17H2,1-4H3;1H3,(H,3,4);1H3/q+1;;. The third kappa shape index (κ3) is 33.0. The van der Waals surface area contributed by atoms with Gasteiger partial charge in [-0.1, -0.05) is 71.1 Å². The number of rotatable bonds is 13.